The summed E-state index contributed by atoms with van der Waals surface area (Å²) < 4.78 is 0. The van der Waals surface area contributed by atoms with Crippen LogP contribution in [0.3, 0.4) is 0 Å². The van der Waals surface area contributed by atoms with Crippen molar-refractivity contribution in [3.8, 4) is 0 Å². The molecule has 5 nitrogen and oxygen atoms in total. The summed E-state index contributed by atoms with van der Waals surface area (Å²) in [5, 5.41) is 2.99. The predicted octanol–water partition coefficient (Wildman–Crippen LogP) is 2.60. The van der Waals surface area contributed by atoms with Crippen LogP contribution in [0.15, 0.2) is 48.5 Å². The van der Waals surface area contributed by atoms with Crippen LogP contribution in [0.1, 0.15) is 26.3 Å². The quantitative estimate of drug-likeness (QED) is 0.577. The molecule has 0 radical (unpaired) electrons. The Bertz CT molecular complexity index is 747. The first-order valence-corrected chi connectivity index (χ1v) is 7.49. The molecule has 0 bridgehead atoms. The van der Waals surface area contributed by atoms with E-state index in [-0.39, 0.29) is 11.0 Å². The zero-order valence-electron chi connectivity index (χ0n) is 12.2. The first kappa shape index (κ1) is 16.9. The molecule has 0 aromatic heterocycles. The van der Waals surface area contributed by atoms with Gasteiger partial charge in [0.15, 0.2) is 5.11 Å². The summed E-state index contributed by atoms with van der Waals surface area (Å²) in [5.41, 5.74) is 6.70. The molecule has 2 aromatic rings. The molecule has 0 saturated heterocycles. The fraction of sp³-hybridized carbons (Fsp3) is 0.0625. The second-order valence-electron chi connectivity index (χ2n) is 4.68. The Labute approximate surface area is 144 Å². The molecule has 0 fully saturated rings. The van der Waals surface area contributed by atoms with Crippen LogP contribution in [-0.2, 0) is 0 Å². The number of aryl methyl sites for hydroxylation is 1. The van der Waals surface area contributed by atoms with Gasteiger partial charge in [0, 0.05) is 16.1 Å². The van der Waals surface area contributed by atoms with Crippen molar-refractivity contribution in [3.05, 3.63) is 70.2 Å². The first-order chi connectivity index (χ1) is 11.0. The highest BCUT2D eigenvalue weighted by Crippen LogP contribution is 2.09. The van der Waals surface area contributed by atoms with Crippen molar-refractivity contribution in [2.45, 2.75) is 6.92 Å². The summed E-state index contributed by atoms with van der Waals surface area (Å²) in [4.78, 5) is 23.9. The summed E-state index contributed by atoms with van der Waals surface area (Å²) in [6, 6.07) is 13.5. The molecule has 0 aliphatic carbocycles. The molecule has 0 saturated carbocycles. The normalized spacial score (nSPS) is 9.83. The van der Waals surface area contributed by atoms with Crippen LogP contribution < -0.4 is 16.2 Å². The molecule has 0 atom stereocenters. The molecular formula is C16H14ClN3O2S. The van der Waals surface area contributed by atoms with E-state index in [1.54, 1.807) is 36.4 Å². The Morgan fingerprint density at radius 3 is 2.26 bits per heavy atom. The van der Waals surface area contributed by atoms with Gasteiger partial charge in [0.2, 0.25) is 0 Å². The minimum atomic E-state index is -0.399. The van der Waals surface area contributed by atoms with Gasteiger partial charge in [0.25, 0.3) is 11.8 Å². The van der Waals surface area contributed by atoms with Crippen molar-refractivity contribution in [2.75, 3.05) is 0 Å². The molecule has 0 heterocycles. The molecule has 0 aliphatic rings. The van der Waals surface area contributed by atoms with E-state index in [1.165, 1.54) is 0 Å². The monoisotopic (exact) mass is 347 g/mol. The lowest BCUT2D eigenvalue weighted by Gasteiger charge is -2.11. The van der Waals surface area contributed by atoms with E-state index < -0.39 is 5.91 Å². The van der Waals surface area contributed by atoms with Gasteiger partial charge >= 0.3 is 0 Å². The number of hydrogen-bond donors (Lipinski definition) is 3. The van der Waals surface area contributed by atoms with Gasteiger partial charge < -0.3 is 0 Å². The zero-order chi connectivity index (χ0) is 16.8. The summed E-state index contributed by atoms with van der Waals surface area (Å²) >= 11 is 10.7. The molecule has 0 unspecified atom stereocenters. The van der Waals surface area contributed by atoms with Crippen LogP contribution in [0, 0.1) is 6.92 Å². The second kappa shape index (κ2) is 7.71. The third kappa shape index (κ3) is 4.77. The molecule has 2 aromatic carbocycles. The van der Waals surface area contributed by atoms with E-state index in [0.717, 1.165) is 5.56 Å². The highest BCUT2D eigenvalue weighted by atomic mass is 35.5. The maximum absolute atomic E-state index is 12.0. The summed E-state index contributed by atoms with van der Waals surface area (Å²) in [7, 11) is 0. The number of thiocarbonyl (C=S) groups is 1. The second-order valence-corrected chi connectivity index (χ2v) is 5.53. The highest BCUT2D eigenvalue weighted by molar-refractivity contribution is 7.80. The largest absolute Gasteiger partial charge is 0.298 e. The summed E-state index contributed by atoms with van der Waals surface area (Å²) in [6.45, 7) is 1.83. The molecular weight excluding hydrogens is 334 g/mol. The number of carbonyl (C=O) groups excluding carboxylic acids is 2. The maximum atomic E-state index is 12.0. The molecule has 0 aliphatic heterocycles. The van der Waals surface area contributed by atoms with Crippen LogP contribution in [0.2, 0.25) is 5.02 Å². The van der Waals surface area contributed by atoms with Crippen molar-refractivity contribution < 1.29 is 9.59 Å². The number of carbonyl (C=O) groups is 2. The molecule has 118 valence electrons. The number of rotatable bonds is 2. The van der Waals surface area contributed by atoms with E-state index in [1.807, 2.05) is 19.1 Å². The van der Waals surface area contributed by atoms with Crippen molar-refractivity contribution in [1.82, 2.24) is 16.2 Å². The SMILES string of the molecule is Cc1ccccc1C(=O)NNC(=S)NC(=O)c1ccc(Cl)cc1. The molecule has 2 rings (SSSR count). The van der Waals surface area contributed by atoms with Crippen LogP contribution in [0.5, 0.6) is 0 Å². The molecule has 23 heavy (non-hydrogen) atoms. The average molecular weight is 348 g/mol. The van der Waals surface area contributed by atoms with Crippen LogP contribution in [0.4, 0.5) is 0 Å². The van der Waals surface area contributed by atoms with Crippen LogP contribution in [0.25, 0.3) is 0 Å². The first-order valence-electron chi connectivity index (χ1n) is 6.70. The predicted molar refractivity (Wildman–Crippen MR) is 93.3 cm³/mol. The van der Waals surface area contributed by atoms with E-state index in [0.29, 0.717) is 16.1 Å². The average Bonchev–Trinajstić information content (AvgIpc) is 2.53. The number of hydrogen-bond acceptors (Lipinski definition) is 3. The number of hydrazine groups is 1. The minimum absolute atomic E-state index is 0.00751. The Hall–Kier alpha value is -2.44. The number of benzene rings is 2. The fourth-order valence-corrected chi connectivity index (χ4v) is 2.09. The lowest BCUT2D eigenvalue weighted by Crippen LogP contribution is -2.48. The number of amides is 2. The van der Waals surface area contributed by atoms with E-state index in [9.17, 15) is 9.59 Å². The van der Waals surface area contributed by atoms with Gasteiger partial charge in [-0.15, -0.1) is 0 Å². The van der Waals surface area contributed by atoms with Crippen LogP contribution in [-0.4, -0.2) is 16.9 Å². The van der Waals surface area contributed by atoms with Crippen molar-refractivity contribution in [1.29, 1.82) is 0 Å². The van der Waals surface area contributed by atoms with Gasteiger partial charge in [0.05, 0.1) is 0 Å². The molecule has 7 heteroatoms. The zero-order valence-corrected chi connectivity index (χ0v) is 13.8. The Morgan fingerprint density at radius 1 is 0.957 bits per heavy atom. The van der Waals surface area contributed by atoms with Crippen LogP contribution >= 0.6 is 23.8 Å². The Balaban J connectivity index is 1.88. The molecule has 0 spiro atoms. The summed E-state index contributed by atoms with van der Waals surface area (Å²) in [6.07, 6.45) is 0. The van der Waals surface area contributed by atoms with Gasteiger partial charge in [-0.2, -0.15) is 0 Å². The summed E-state index contributed by atoms with van der Waals surface area (Å²) in [5.74, 6) is -0.740. The lowest BCUT2D eigenvalue weighted by molar-refractivity contribution is 0.0934. The van der Waals surface area contributed by atoms with Gasteiger partial charge in [-0.25, -0.2) is 0 Å². The van der Waals surface area contributed by atoms with Gasteiger partial charge in [-0.3, -0.25) is 25.8 Å². The third-order valence-corrected chi connectivity index (χ3v) is 3.47. The Kier molecular flexibility index (Phi) is 5.67. The molecule has 3 N–H and O–H groups in total. The van der Waals surface area contributed by atoms with E-state index >= 15 is 0 Å². The van der Waals surface area contributed by atoms with Gasteiger partial charge in [-0.05, 0) is 55.0 Å². The third-order valence-electron chi connectivity index (χ3n) is 3.01. The van der Waals surface area contributed by atoms with Gasteiger partial charge in [-0.1, -0.05) is 29.8 Å². The lowest BCUT2D eigenvalue weighted by atomic mass is 10.1. The van der Waals surface area contributed by atoms with Crippen molar-refractivity contribution in [3.63, 3.8) is 0 Å². The van der Waals surface area contributed by atoms with E-state index in [2.05, 4.69) is 16.2 Å². The fourth-order valence-electron chi connectivity index (χ4n) is 1.82. The number of nitrogens with one attached hydrogen (secondary N) is 3. The highest BCUT2D eigenvalue weighted by Gasteiger charge is 2.10. The minimum Gasteiger partial charge on any atom is -0.298 e. The van der Waals surface area contributed by atoms with Crippen molar-refractivity contribution in [2.24, 2.45) is 0 Å². The molecule has 2 amide bonds. The Morgan fingerprint density at radius 2 is 1.61 bits per heavy atom. The van der Waals surface area contributed by atoms with E-state index in [4.69, 9.17) is 23.8 Å². The van der Waals surface area contributed by atoms with Gasteiger partial charge in [0.1, 0.15) is 0 Å². The number of halogens is 1. The smallest absolute Gasteiger partial charge is 0.269 e. The maximum Gasteiger partial charge on any atom is 0.269 e. The topological polar surface area (TPSA) is 70.2 Å². The van der Waals surface area contributed by atoms with Crippen molar-refractivity contribution >= 4 is 40.7 Å². The standard InChI is InChI=1S/C16H14ClN3O2S/c1-10-4-2-3-5-13(10)15(22)19-20-16(23)18-14(21)11-6-8-12(17)9-7-11/h2-9H,1H3,(H,19,22)(H2,18,20,21,23).